The highest BCUT2D eigenvalue weighted by Crippen LogP contribution is 2.25. The molecule has 1 rings (SSSR count). The Labute approximate surface area is 109 Å². The van der Waals surface area contributed by atoms with E-state index in [1.54, 1.807) is 0 Å². The molecule has 102 valence electrons. The van der Waals surface area contributed by atoms with Crippen LogP contribution in [0.3, 0.4) is 0 Å². The van der Waals surface area contributed by atoms with Gasteiger partial charge in [-0.2, -0.15) is 0 Å². The van der Waals surface area contributed by atoms with Gasteiger partial charge in [-0.25, -0.2) is 4.79 Å². The number of rotatable bonds is 7. The number of phenolic OH excluding ortho intramolecular Hbond substituents is 2. The Morgan fingerprint density at radius 1 is 1.21 bits per heavy atom. The van der Waals surface area contributed by atoms with Crippen LogP contribution in [0.4, 0.5) is 0 Å². The molecule has 1 aromatic carbocycles. The molecular weight excluding hydrogens is 252 g/mol. The number of carbonyl (C=O) groups excluding carboxylic acids is 2. The SMILES string of the molecule is O=COCCCOC(=O)/C=C/c1ccc(O)c(O)c1. The standard InChI is InChI=1S/C13H14O6/c14-9-18-6-1-7-19-13(17)5-3-10-2-4-11(15)12(16)8-10/h2-5,8-9,15-16H,1,6-7H2/b5-3+. The van der Waals surface area contributed by atoms with Gasteiger partial charge in [0.15, 0.2) is 11.5 Å². The quantitative estimate of drug-likeness (QED) is 0.253. The largest absolute Gasteiger partial charge is 0.504 e. The summed E-state index contributed by atoms with van der Waals surface area (Å²) in [5.41, 5.74) is 0.552. The lowest BCUT2D eigenvalue weighted by molar-refractivity contribution is -0.138. The summed E-state index contributed by atoms with van der Waals surface area (Å²) < 4.78 is 9.26. The maximum atomic E-state index is 11.3. The van der Waals surface area contributed by atoms with E-state index in [1.807, 2.05) is 0 Å². The highest BCUT2D eigenvalue weighted by Gasteiger charge is 2.00. The van der Waals surface area contributed by atoms with Gasteiger partial charge in [0.05, 0.1) is 13.2 Å². The second-order valence-electron chi connectivity index (χ2n) is 3.57. The van der Waals surface area contributed by atoms with E-state index < -0.39 is 5.97 Å². The number of hydrogen-bond donors (Lipinski definition) is 2. The molecule has 19 heavy (non-hydrogen) atoms. The Kier molecular flexibility index (Phi) is 5.94. The summed E-state index contributed by atoms with van der Waals surface area (Å²) in [6.07, 6.45) is 3.08. The van der Waals surface area contributed by atoms with E-state index in [4.69, 9.17) is 9.84 Å². The average Bonchev–Trinajstić information content (AvgIpc) is 2.40. The zero-order chi connectivity index (χ0) is 14.1. The molecule has 6 nitrogen and oxygen atoms in total. The smallest absolute Gasteiger partial charge is 0.330 e. The molecule has 0 saturated heterocycles. The molecule has 1 aromatic rings. The third-order valence-electron chi connectivity index (χ3n) is 2.13. The van der Waals surface area contributed by atoms with Crippen molar-refractivity contribution in [2.24, 2.45) is 0 Å². The Morgan fingerprint density at radius 2 is 2.00 bits per heavy atom. The molecule has 0 saturated carbocycles. The number of aromatic hydroxyl groups is 2. The number of phenols is 2. The van der Waals surface area contributed by atoms with Crippen LogP contribution in [-0.4, -0.2) is 35.9 Å². The topological polar surface area (TPSA) is 93.1 Å². The zero-order valence-corrected chi connectivity index (χ0v) is 10.1. The zero-order valence-electron chi connectivity index (χ0n) is 10.1. The summed E-state index contributed by atoms with van der Waals surface area (Å²) in [4.78, 5) is 21.1. The number of carbonyl (C=O) groups is 2. The van der Waals surface area contributed by atoms with Gasteiger partial charge < -0.3 is 19.7 Å². The van der Waals surface area contributed by atoms with E-state index in [1.165, 1.54) is 30.4 Å². The van der Waals surface area contributed by atoms with Gasteiger partial charge in [0.2, 0.25) is 0 Å². The molecule has 0 amide bonds. The fourth-order valence-corrected chi connectivity index (χ4v) is 1.22. The van der Waals surface area contributed by atoms with Crippen molar-refractivity contribution in [3.05, 3.63) is 29.8 Å². The van der Waals surface area contributed by atoms with Gasteiger partial charge in [0, 0.05) is 12.5 Å². The maximum absolute atomic E-state index is 11.3. The minimum Gasteiger partial charge on any atom is -0.504 e. The monoisotopic (exact) mass is 266 g/mol. The molecule has 0 aliphatic rings. The predicted octanol–water partition coefficient (Wildman–Crippen LogP) is 1.22. The second kappa shape index (κ2) is 7.75. The van der Waals surface area contributed by atoms with Crippen LogP contribution in [0.25, 0.3) is 6.08 Å². The van der Waals surface area contributed by atoms with Gasteiger partial charge in [0.1, 0.15) is 0 Å². The molecule has 0 heterocycles. The van der Waals surface area contributed by atoms with Crippen molar-refractivity contribution in [3.8, 4) is 11.5 Å². The lowest BCUT2D eigenvalue weighted by atomic mass is 10.2. The van der Waals surface area contributed by atoms with Crippen molar-refractivity contribution < 1.29 is 29.3 Å². The van der Waals surface area contributed by atoms with Gasteiger partial charge in [-0.15, -0.1) is 0 Å². The Balaban J connectivity index is 2.36. The molecule has 0 unspecified atom stereocenters. The predicted molar refractivity (Wildman–Crippen MR) is 66.4 cm³/mol. The molecule has 0 aromatic heterocycles. The van der Waals surface area contributed by atoms with Crippen LogP contribution >= 0.6 is 0 Å². The van der Waals surface area contributed by atoms with Crippen LogP contribution in [0.5, 0.6) is 11.5 Å². The molecule has 0 fully saturated rings. The van der Waals surface area contributed by atoms with Crippen LogP contribution in [0, 0.1) is 0 Å². The fraction of sp³-hybridized carbons (Fsp3) is 0.231. The lowest BCUT2D eigenvalue weighted by Gasteiger charge is -2.01. The van der Waals surface area contributed by atoms with Crippen LogP contribution in [0.1, 0.15) is 12.0 Å². The van der Waals surface area contributed by atoms with Gasteiger partial charge in [0.25, 0.3) is 6.47 Å². The van der Waals surface area contributed by atoms with Crippen molar-refractivity contribution >= 4 is 18.5 Å². The maximum Gasteiger partial charge on any atom is 0.330 e. The van der Waals surface area contributed by atoms with Crippen molar-refractivity contribution in [1.82, 2.24) is 0 Å². The van der Waals surface area contributed by atoms with E-state index in [0.29, 0.717) is 18.5 Å². The summed E-state index contributed by atoms with van der Waals surface area (Å²) in [6, 6.07) is 4.17. The molecule has 6 heteroatoms. The Hall–Kier alpha value is -2.50. The minimum absolute atomic E-state index is 0.151. The molecule has 0 atom stereocenters. The Bertz CT molecular complexity index is 466. The third-order valence-corrected chi connectivity index (χ3v) is 2.13. The second-order valence-corrected chi connectivity index (χ2v) is 3.57. The summed E-state index contributed by atoms with van der Waals surface area (Å²) in [5, 5.41) is 18.4. The molecule has 0 radical (unpaired) electrons. The molecule has 0 spiro atoms. The van der Waals surface area contributed by atoms with Crippen LogP contribution in [-0.2, 0) is 19.1 Å². The first-order valence-corrected chi connectivity index (χ1v) is 5.55. The Morgan fingerprint density at radius 3 is 2.68 bits per heavy atom. The van der Waals surface area contributed by atoms with Gasteiger partial charge in [-0.3, -0.25) is 4.79 Å². The molecule has 2 N–H and O–H groups in total. The number of esters is 1. The van der Waals surface area contributed by atoms with Crippen LogP contribution in [0.15, 0.2) is 24.3 Å². The normalized spacial score (nSPS) is 10.3. The van der Waals surface area contributed by atoms with Crippen molar-refractivity contribution in [1.29, 1.82) is 0 Å². The lowest BCUT2D eigenvalue weighted by Crippen LogP contribution is -2.04. The van der Waals surface area contributed by atoms with Gasteiger partial charge >= 0.3 is 5.97 Å². The molecule has 0 aliphatic heterocycles. The van der Waals surface area contributed by atoms with E-state index >= 15 is 0 Å². The number of ether oxygens (including phenoxy) is 2. The highest BCUT2D eigenvalue weighted by atomic mass is 16.5. The third kappa shape index (κ3) is 5.58. The fourth-order valence-electron chi connectivity index (χ4n) is 1.22. The number of hydrogen-bond acceptors (Lipinski definition) is 6. The molecular formula is C13H14O6. The highest BCUT2D eigenvalue weighted by molar-refractivity contribution is 5.87. The van der Waals surface area contributed by atoms with Crippen LogP contribution in [0.2, 0.25) is 0 Å². The summed E-state index contributed by atoms with van der Waals surface area (Å²) in [7, 11) is 0. The first-order chi connectivity index (χ1) is 9.13. The summed E-state index contributed by atoms with van der Waals surface area (Å²) >= 11 is 0. The molecule has 0 bridgehead atoms. The van der Waals surface area contributed by atoms with E-state index in [2.05, 4.69) is 4.74 Å². The van der Waals surface area contributed by atoms with E-state index in [-0.39, 0.29) is 24.7 Å². The van der Waals surface area contributed by atoms with Crippen molar-refractivity contribution in [2.75, 3.05) is 13.2 Å². The van der Waals surface area contributed by atoms with Crippen molar-refractivity contribution in [3.63, 3.8) is 0 Å². The summed E-state index contributed by atoms with van der Waals surface area (Å²) in [6.45, 7) is 0.684. The van der Waals surface area contributed by atoms with Gasteiger partial charge in [-0.1, -0.05) is 6.07 Å². The summed E-state index contributed by atoms with van der Waals surface area (Å²) in [5.74, 6) is -1.03. The molecule has 0 aliphatic carbocycles. The van der Waals surface area contributed by atoms with E-state index in [0.717, 1.165) is 0 Å². The first kappa shape index (κ1) is 14.6. The van der Waals surface area contributed by atoms with Gasteiger partial charge in [-0.05, 0) is 23.8 Å². The van der Waals surface area contributed by atoms with Crippen LogP contribution < -0.4 is 0 Å². The van der Waals surface area contributed by atoms with Crippen molar-refractivity contribution in [2.45, 2.75) is 6.42 Å². The number of benzene rings is 1. The average molecular weight is 266 g/mol. The minimum atomic E-state index is -0.543. The first-order valence-electron chi connectivity index (χ1n) is 5.55. The van der Waals surface area contributed by atoms with E-state index in [9.17, 15) is 14.7 Å².